The molecule has 1 heterocycles. The van der Waals surface area contributed by atoms with Gasteiger partial charge in [-0.1, -0.05) is 49.0 Å². The van der Waals surface area contributed by atoms with Gasteiger partial charge in [0, 0.05) is 18.1 Å². The molecule has 1 aromatic carbocycles. The van der Waals surface area contributed by atoms with Gasteiger partial charge in [-0.25, -0.2) is 14.8 Å². The number of hydrogen-bond donors (Lipinski definition) is 2. The second-order valence-corrected chi connectivity index (χ2v) is 5.37. The summed E-state index contributed by atoms with van der Waals surface area (Å²) in [6.45, 7) is 2.45. The van der Waals surface area contributed by atoms with Crippen molar-refractivity contribution < 1.29 is 9.90 Å². The topological polar surface area (TPSA) is 75.1 Å². The zero-order valence-electron chi connectivity index (χ0n) is 11.7. The van der Waals surface area contributed by atoms with Gasteiger partial charge in [0.1, 0.15) is 0 Å². The fraction of sp³-hybridized carbons (Fsp3) is 0.267. The van der Waals surface area contributed by atoms with Crippen molar-refractivity contribution in [3.8, 4) is 0 Å². The van der Waals surface area contributed by atoms with E-state index in [9.17, 15) is 9.90 Å². The second-order valence-electron chi connectivity index (χ2n) is 4.43. The molecule has 0 aliphatic carbocycles. The third-order valence-electron chi connectivity index (χ3n) is 3.07. The summed E-state index contributed by atoms with van der Waals surface area (Å²) in [6.07, 6.45) is 3.29. The highest BCUT2D eigenvalue weighted by Crippen LogP contribution is 2.28. The number of carboxylic acid groups (broad SMARTS) is 1. The van der Waals surface area contributed by atoms with Gasteiger partial charge in [0.2, 0.25) is 0 Å². The van der Waals surface area contributed by atoms with Gasteiger partial charge in [-0.05, 0) is 18.2 Å². The van der Waals surface area contributed by atoms with E-state index in [1.165, 1.54) is 11.8 Å². The number of nitrogens with zero attached hydrogens (tertiary/aromatic N) is 2. The van der Waals surface area contributed by atoms with E-state index < -0.39 is 11.5 Å². The van der Waals surface area contributed by atoms with Crippen molar-refractivity contribution in [2.24, 2.45) is 0 Å². The Hall–Kier alpha value is -1.92. The SMILES string of the molecule is CCNC(CSc1ncccn1)(C(=O)O)c1ccccc1. The molecule has 0 fully saturated rings. The standard InChI is InChI=1S/C15H17N3O2S/c1-2-18-15(13(19)20,12-7-4-3-5-8-12)11-21-14-16-9-6-10-17-14/h3-10,18H,2,11H2,1H3,(H,19,20). The average Bonchev–Trinajstić information content (AvgIpc) is 2.53. The predicted molar refractivity (Wildman–Crippen MR) is 82.2 cm³/mol. The Morgan fingerprint density at radius 3 is 2.48 bits per heavy atom. The van der Waals surface area contributed by atoms with Gasteiger partial charge in [-0.15, -0.1) is 0 Å². The van der Waals surface area contributed by atoms with Crippen LogP contribution in [-0.2, 0) is 10.3 Å². The second kappa shape index (κ2) is 7.19. The predicted octanol–water partition coefficient (Wildman–Crippen LogP) is 2.16. The van der Waals surface area contributed by atoms with Gasteiger partial charge in [-0.3, -0.25) is 5.32 Å². The summed E-state index contributed by atoms with van der Waals surface area (Å²) in [4.78, 5) is 20.2. The van der Waals surface area contributed by atoms with Crippen LogP contribution in [0.3, 0.4) is 0 Å². The van der Waals surface area contributed by atoms with Crippen LogP contribution in [-0.4, -0.2) is 33.3 Å². The number of likely N-dealkylation sites (N-methyl/N-ethyl adjacent to an activating group) is 1. The maximum absolute atomic E-state index is 11.9. The molecule has 0 radical (unpaired) electrons. The van der Waals surface area contributed by atoms with Crippen molar-refractivity contribution in [1.82, 2.24) is 15.3 Å². The zero-order chi connectivity index (χ0) is 15.1. The number of nitrogens with one attached hydrogen (secondary N) is 1. The van der Waals surface area contributed by atoms with E-state index in [1.54, 1.807) is 18.5 Å². The van der Waals surface area contributed by atoms with Crippen molar-refractivity contribution in [3.05, 3.63) is 54.4 Å². The normalized spacial score (nSPS) is 13.6. The number of hydrogen-bond acceptors (Lipinski definition) is 5. The van der Waals surface area contributed by atoms with Gasteiger partial charge in [-0.2, -0.15) is 0 Å². The Morgan fingerprint density at radius 1 is 1.24 bits per heavy atom. The first kappa shape index (κ1) is 15.5. The maximum atomic E-state index is 11.9. The first-order chi connectivity index (χ1) is 10.2. The molecule has 0 aliphatic rings. The molecular weight excluding hydrogens is 286 g/mol. The van der Waals surface area contributed by atoms with E-state index in [0.717, 1.165) is 5.56 Å². The molecule has 0 amide bonds. The summed E-state index contributed by atoms with van der Waals surface area (Å²) in [5, 5.41) is 13.4. The highest BCUT2D eigenvalue weighted by molar-refractivity contribution is 7.99. The third kappa shape index (κ3) is 3.59. The van der Waals surface area contributed by atoms with Gasteiger partial charge < -0.3 is 5.11 Å². The van der Waals surface area contributed by atoms with Crippen molar-refractivity contribution >= 4 is 17.7 Å². The van der Waals surface area contributed by atoms with Crippen LogP contribution in [0, 0.1) is 0 Å². The molecular formula is C15H17N3O2S. The van der Waals surface area contributed by atoms with E-state index >= 15 is 0 Å². The largest absolute Gasteiger partial charge is 0.480 e. The number of rotatable bonds is 7. The number of benzene rings is 1. The molecule has 0 spiro atoms. The average molecular weight is 303 g/mol. The first-order valence-corrected chi connectivity index (χ1v) is 7.61. The quantitative estimate of drug-likeness (QED) is 0.603. The smallest absolute Gasteiger partial charge is 0.329 e. The zero-order valence-corrected chi connectivity index (χ0v) is 12.5. The van der Waals surface area contributed by atoms with E-state index in [2.05, 4.69) is 15.3 Å². The van der Waals surface area contributed by atoms with Crippen molar-refractivity contribution in [2.45, 2.75) is 17.6 Å². The fourth-order valence-corrected chi connectivity index (χ4v) is 3.06. The minimum Gasteiger partial charge on any atom is -0.480 e. The minimum absolute atomic E-state index is 0.310. The van der Waals surface area contributed by atoms with E-state index in [4.69, 9.17) is 0 Å². The highest BCUT2D eigenvalue weighted by Gasteiger charge is 2.39. The van der Waals surface area contributed by atoms with Crippen LogP contribution in [0.5, 0.6) is 0 Å². The first-order valence-electron chi connectivity index (χ1n) is 6.63. The summed E-state index contributed by atoms with van der Waals surface area (Å²) in [5.41, 5.74) is -0.428. The highest BCUT2D eigenvalue weighted by atomic mass is 32.2. The Bertz CT molecular complexity index is 580. The minimum atomic E-state index is -1.15. The number of aromatic nitrogens is 2. The van der Waals surface area contributed by atoms with Gasteiger partial charge >= 0.3 is 5.97 Å². The lowest BCUT2D eigenvalue weighted by molar-refractivity contribution is -0.144. The van der Waals surface area contributed by atoms with Crippen LogP contribution in [0.1, 0.15) is 12.5 Å². The number of carboxylic acids is 1. The molecule has 0 saturated carbocycles. The summed E-state index contributed by atoms with van der Waals surface area (Å²) in [6, 6.07) is 10.9. The molecule has 1 aromatic heterocycles. The summed E-state index contributed by atoms with van der Waals surface area (Å²) in [7, 11) is 0. The van der Waals surface area contributed by atoms with Crippen molar-refractivity contribution in [1.29, 1.82) is 0 Å². The van der Waals surface area contributed by atoms with Gasteiger partial charge in [0.05, 0.1) is 0 Å². The molecule has 0 saturated heterocycles. The third-order valence-corrected chi connectivity index (χ3v) is 4.12. The van der Waals surface area contributed by atoms with Crippen LogP contribution >= 0.6 is 11.8 Å². The van der Waals surface area contributed by atoms with Crippen LogP contribution in [0.4, 0.5) is 0 Å². The summed E-state index contributed by atoms with van der Waals surface area (Å²) in [5.74, 6) is -0.594. The molecule has 2 aromatic rings. The van der Waals surface area contributed by atoms with Crippen LogP contribution < -0.4 is 5.32 Å². The lowest BCUT2D eigenvalue weighted by Crippen LogP contribution is -2.51. The molecule has 2 rings (SSSR count). The van der Waals surface area contributed by atoms with E-state index in [0.29, 0.717) is 17.5 Å². The summed E-state index contributed by atoms with van der Waals surface area (Å²) < 4.78 is 0. The Kier molecular flexibility index (Phi) is 5.30. The molecule has 1 unspecified atom stereocenters. The molecule has 21 heavy (non-hydrogen) atoms. The lowest BCUT2D eigenvalue weighted by Gasteiger charge is -2.30. The van der Waals surface area contributed by atoms with E-state index in [1.807, 2.05) is 37.3 Å². The monoisotopic (exact) mass is 303 g/mol. The van der Waals surface area contributed by atoms with Crippen LogP contribution in [0.15, 0.2) is 53.9 Å². The fourth-order valence-electron chi connectivity index (χ4n) is 2.05. The molecule has 6 heteroatoms. The Morgan fingerprint density at radius 2 is 1.90 bits per heavy atom. The Labute approximate surface area is 127 Å². The number of aliphatic carboxylic acids is 1. The molecule has 5 nitrogen and oxygen atoms in total. The lowest BCUT2D eigenvalue weighted by atomic mass is 9.92. The maximum Gasteiger partial charge on any atom is 0.329 e. The molecule has 0 bridgehead atoms. The number of thioether (sulfide) groups is 1. The van der Waals surface area contributed by atoms with Crippen LogP contribution in [0.2, 0.25) is 0 Å². The van der Waals surface area contributed by atoms with Crippen molar-refractivity contribution in [3.63, 3.8) is 0 Å². The van der Waals surface area contributed by atoms with Crippen molar-refractivity contribution in [2.75, 3.05) is 12.3 Å². The summed E-state index contributed by atoms with van der Waals surface area (Å²) >= 11 is 1.32. The van der Waals surface area contributed by atoms with Gasteiger partial charge in [0.15, 0.2) is 10.7 Å². The number of carbonyl (C=O) groups is 1. The molecule has 1 atom stereocenters. The van der Waals surface area contributed by atoms with E-state index in [-0.39, 0.29) is 0 Å². The van der Waals surface area contributed by atoms with Crippen LogP contribution in [0.25, 0.3) is 0 Å². The van der Waals surface area contributed by atoms with Gasteiger partial charge in [0.25, 0.3) is 0 Å². The molecule has 2 N–H and O–H groups in total. The molecule has 0 aliphatic heterocycles. The molecule has 110 valence electrons. The Balaban J connectivity index is 2.29.